The normalized spacial score (nSPS) is 11.8. The van der Waals surface area contributed by atoms with Crippen molar-refractivity contribution in [3.05, 3.63) is 64.8 Å². The number of ether oxygens (including phenoxy) is 3. The van der Waals surface area contributed by atoms with Crippen LogP contribution in [0.3, 0.4) is 0 Å². The number of methoxy groups -OCH3 is 1. The van der Waals surface area contributed by atoms with Gasteiger partial charge in [-0.15, -0.1) is 5.10 Å². The van der Waals surface area contributed by atoms with Crippen molar-refractivity contribution in [1.29, 1.82) is 0 Å². The molecule has 0 saturated carbocycles. The number of hydrogen-bond acceptors (Lipinski definition) is 6. The van der Waals surface area contributed by atoms with E-state index in [4.69, 9.17) is 30.8 Å². The minimum Gasteiger partial charge on any atom is -0.497 e. The third-order valence-corrected chi connectivity index (χ3v) is 4.52. The van der Waals surface area contributed by atoms with Crippen molar-refractivity contribution in [2.45, 2.75) is 26.7 Å². The Labute approximate surface area is 175 Å². The minimum absolute atomic E-state index is 0.209. The fraction of sp³-hybridized carbons (Fsp3) is 0.333. The molecule has 3 rings (SSSR count). The summed E-state index contributed by atoms with van der Waals surface area (Å²) in [5, 5.41) is 4.43. The van der Waals surface area contributed by atoms with Gasteiger partial charge in [-0.1, -0.05) is 0 Å². The molecular formula is C21H26N3O4S+. The van der Waals surface area contributed by atoms with Crippen molar-refractivity contribution in [2.24, 2.45) is 0 Å². The van der Waals surface area contributed by atoms with Gasteiger partial charge in [-0.05, 0) is 67.7 Å². The van der Waals surface area contributed by atoms with Crippen LogP contribution in [0, 0.1) is 4.84 Å². The molecule has 0 amide bonds. The Kier molecular flexibility index (Phi) is 7.26. The number of hydrogen-bond donors (Lipinski definition) is 1. The average molecular weight is 417 g/mol. The second-order valence-corrected chi connectivity index (χ2v) is 6.94. The Morgan fingerprint density at radius 1 is 1.00 bits per heavy atom. The summed E-state index contributed by atoms with van der Waals surface area (Å²) in [6.45, 7) is 4.28. The second kappa shape index (κ2) is 10.1. The molecule has 1 unspecified atom stereocenters. The van der Waals surface area contributed by atoms with Gasteiger partial charge in [0.1, 0.15) is 23.8 Å². The van der Waals surface area contributed by atoms with Crippen LogP contribution in [0.15, 0.2) is 52.9 Å². The maximum Gasteiger partial charge on any atom is 0.291 e. The Morgan fingerprint density at radius 2 is 1.62 bits per heavy atom. The largest absolute Gasteiger partial charge is 0.497 e. The Balaban J connectivity index is 1.54. The summed E-state index contributed by atoms with van der Waals surface area (Å²) in [4.78, 5) is 1.56. The van der Waals surface area contributed by atoms with E-state index in [1.54, 1.807) is 11.8 Å². The van der Waals surface area contributed by atoms with Gasteiger partial charge in [0, 0.05) is 5.56 Å². The van der Waals surface area contributed by atoms with E-state index >= 15 is 0 Å². The number of rotatable bonds is 10. The van der Waals surface area contributed by atoms with Crippen molar-refractivity contribution in [2.75, 3.05) is 20.8 Å². The first-order valence-corrected chi connectivity index (χ1v) is 9.85. The first-order valence-electron chi connectivity index (χ1n) is 9.44. The van der Waals surface area contributed by atoms with E-state index in [0.29, 0.717) is 29.8 Å². The van der Waals surface area contributed by atoms with E-state index < -0.39 is 0 Å². The molecule has 2 aromatic carbocycles. The second-order valence-electron chi connectivity index (χ2n) is 6.59. The molecule has 0 saturated heterocycles. The third-order valence-electron chi connectivity index (χ3n) is 4.23. The fourth-order valence-corrected chi connectivity index (χ4v) is 3.06. The van der Waals surface area contributed by atoms with Gasteiger partial charge in [-0.25, -0.2) is 0 Å². The number of aromatic nitrogens is 2. The van der Waals surface area contributed by atoms with Crippen LogP contribution < -0.4 is 19.1 Å². The summed E-state index contributed by atoms with van der Waals surface area (Å²) in [5.41, 5.74) is 1.21. The molecule has 0 fully saturated rings. The van der Waals surface area contributed by atoms with Crippen molar-refractivity contribution in [3.8, 4) is 17.2 Å². The highest BCUT2D eigenvalue weighted by molar-refractivity contribution is 7.71. The monoisotopic (exact) mass is 416 g/mol. The molecule has 0 aliphatic carbocycles. The first-order chi connectivity index (χ1) is 14.1. The lowest BCUT2D eigenvalue weighted by atomic mass is 10.2. The summed E-state index contributed by atoms with van der Waals surface area (Å²) >= 11 is 5.30. The van der Waals surface area contributed by atoms with Crippen molar-refractivity contribution < 1.29 is 23.5 Å². The molecule has 154 valence electrons. The van der Waals surface area contributed by atoms with Gasteiger partial charge in [0.2, 0.25) is 0 Å². The van der Waals surface area contributed by atoms with E-state index in [1.807, 2.05) is 43.3 Å². The van der Waals surface area contributed by atoms with Crippen molar-refractivity contribution in [1.82, 2.24) is 9.78 Å². The minimum atomic E-state index is 0.209. The van der Waals surface area contributed by atoms with E-state index in [9.17, 15) is 0 Å². The van der Waals surface area contributed by atoms with Gasteiger partial charge in [-0.2, -0.15) is 4.68 Å². The molecule has 29 heavy (non-hydrogen) atoms. The van der Waals surface area contributed by atoms with Crippen LogP contribution >= 0.6 is 12.2 Å². The molecule has 1 heterocycles. The van der Waals surface area contributed by atoms with Gasteiger partial charge in [0.05, 0.1) is 20.8 Å². The van der Waals surface area contributed by atoms with Gasteiger partial charge in [0.25, 0.3) is 10.7 Å². The zero-order chi connectivity index (χ0) is 20.6. The highest BCUT2D eigenvalue weighted by atomic mass is 32.1. The summed E-state index contributed by atoms with van der Waals surface area (Å²) in [7, 11) is 3.71. The van der Waals surface area contributed by atoms with Crippen LogP contribution in [0.1, 0.15) is 18.4 Å². The molecular weight excluding hydrogens is 390 g/mol. The SMILES string of the molecule is CCOc1ccc(C[NH+](C)Cn2nc(COc3ccc(OC)cc3)oc2=S)cc1. The summed E-state index contributed by atoms with van der Waals surface area (Å²) in [6.07, 6.45) is 0. The molecule has 8 heteroatoms. The maximum absolute atomic E-state index is 5.70. The molecule has 0 radical (unpaired) electrons. The summed E-state index contributed by atoms with van der Waals surface area (Å²) in [5.74, 6) is 2.81. The summed E-state index contributed by atoms with van der Waals surface area (Å²) in [6, 6.07) is 15.5. The average Bonchev–Trinajstić information content (AvgIpc) is 3.07. The van der Waals surface area contributed by atoms with Gasteiger partial charge < -0.3 is 23.5 Å². The lowest BCUT2D eigenvalue weighted by molar-refractivity contribution is -0.917. The van der Waals surface area contributed by atoms with Gasteiger partial charge in [-0.3, -0.25) is 0 Å². The van der Waals surface area contributed by atoms with Crippen LogP contribution in [-0.2, 0) is 19.8 Å². The molecule has 0 aliphatic heterocycles. The molecule has 1 aromatic heterocycles. The van der Waals surface area contributed by atoms with Crippen LogP contribution in [-0.4, -0.2) is 30.5 Å². The number of nitrogens with zero attached hydrogens (tertiary/aromatic N) is 2. The molecule has 1 atom stereocenters. The van der Waals surface area contributed by atoms with Crippen LogP contribution in [0.25, 0.3) is 0 Å². The topological polar surface area (TPSA) is 63.1 Å². The first kappa shape index (κ1) is 20.9. The third kappa shape index (κ3) is 6.07. The van der Waals surface area contributed by atoms with Crippen LogP contribution in [0.2, 0.25) is 0 Å². The van der Waals surface area contributed by atoms with Gasteiger partial charge in [0.15, 0.2) is 13.3 Å². The number of nitrogens with one attached hydrogen (secondary N) is 1. The molecule has 7 nitrogen and oxygen atoms in total. The highest BCUT2D eigenvalue weighted by Crippen LogP contribution is 2.18. The Hall–Kier alpha value is -2.84. The lowest BCUT2D eigenvalue weighted by Gasteiger charge is -2.13. The van der Waals surface area contributed by atoms with Crippen molar-refractivity contribution >= 4 is 12.2 Å². The van der Waals surface area contributed by atoms with Gasteiger partial charge >= 0.3 is 0 Å². The Morgan fingerprint density at radius 3 is 2.28 bits per heavy atom. The smallest absolute Gasteiger partial charge is 0.291 e. The van der Waals surface area contributed by atoms with Crippen molar-refractivity contribution in [3.63, 3.8) is 0 Å². The van der Waals surface area contributed by atoms with Crippen LogP contribution in [0.4, 0.5) is 0 Å². The van der Waals surface area contributed by atoms with E-state index in [-0.39, 0.29) is 6.61 Å². The predicted molar refractivity (Wildman–Crippen MR) is 111 cm³/mol. The maximum atomic E-state index is 5.70. The Bertz CT molecular complexity index is 951. The molecule has 0 spiro atoms. The predicted octanol–water partition coefficient (Wildman–Crippen LogP) is 2.86. The van der Waals surface area contributed by atoms with E-state index in [0.717, 1.165) is 18.0 Å². The number of quaternary nitrogens is 1. The zero-order valence-corrected chi connectivity index (χ0v) is 17.7. The van der Waals surface area contributed by atoms with E-state index in [2.05, 4.69) is 24.3 Å². The molecule has 1 N–H and O–H groups in total. The lowest BCUT2D eigenvalue weighted by Crippen LogP contribution is -3.07. The molecule has 3 aromatic rings. The zero-order valence-electron chi connectivity index (χ0n) is 16.9. The molecule has 0 bridgehead atoms. The number of benzene rings is 2. The standard InChI is InChI=1S/C21H25N3O4S/c1-4-26-18-7-5-16(6-8-18)13-23(2)15-24-21(29)28-20(22-24)14-27-19-11-9-17(25-3)10-12-19/h5-12H,4,13-15H2,1-3H3/p+1. The van der Waals surface area contributed by atoms with Crippen LogP contribution in [0.5, 0.6) is 17.2 Å². The highest BCUT2D eigenvalue weighted by Gasteiger charge is 2.11. The van der Waals surface area contributed by atoms with E-state index in [1.165, 1.54) is 10.5 Å². The quantitative estimate of drug-likeness (QED) is 0.513. The molecule has 0 aliphatic rings. The fourth-order valence-electron chi connectivity index (χ4n) is 2.85. The summed E-state index contributed by atoms with van der Waals surface area (Å²) < 4.78 is 23.6.